The summed E-state index contributed by atoms with van der Waals surface area (Å²) in [6, 6.07) is 11.6. The van der Waals surface area contributed by atoms with Gasteiger partial charge in [0.15, 0.2) is 0 Å². The van der Waals surface area contributed by atoms with Crippen LogP contribution in [0.15, 0.2) is 35.7 Å². The molecule has 1 aliphatic rings. The van der Waals surface area contributed by atoms with Gasteiger partial charge < -0.3 is 15.0 Å². The number of nitrogens with one attached hydrogen (secondary N) is 1. The van der Waals surface area contributed by atoms with Crippen molar-refractivity contribution < 1.29 is 9.53 Å². The maximum absolute atomic E-state index is 12.6. The zero-order chi connectivity index (χ0) is 16.9. The van der Waals surface area contributed by atoms with E-state index in [-0.39, 0.29) is 11.9 Å². The molecule has 1 aromatic carbocycles. The highest BCUT2D eigenvalue weighted by atomic mass is 32.1. The molecule has 1 unspecified atom stereocenters. The highest BCUT2D eigenvalue weighted by Gasteiger charge is 2.34. The van der Waals surface area contributed by atoms with Gasteiger partial charge in [-0.25, -0.2) is 0 Å². The van der Waals surface area contributed by atoms with E-state index in [2.05, 4.69) is 11.4 Å². The molecule has 0 saturated carbocycles. The Kier molecular flexibility index (Phi) is 5.14. The molecule has 1 N–H and O–H groups in total. The average Bonchev–Trinajstić information content (AvgIpc) is 3.21. The molecule has 124 valence electrons. The molecule has 1 aliphatic heterocycles. The van der Waals surface area contributed by atoms with E-state index in [1.165, 1.54) is 11.3 Å². The lowest BCUT2D eigenvalue weighted by Gasteiger charge is -2.16. The van der Waals surface area contributed by atoms with Crippen LogP contribution in [0.2, 0.25) is 0 Å². The molecule has 0 spiro atoms. The summed E-state index contributed by atoms with van der Waals surface area (Å²) >= 11 is 1.43. The van der Waals surface area contributed by atoms with Crippen molar-refractivity contribution >= 4 is 27.9 Å². The van der Waals surface area contributed by atoms with Crippen LogP contribution in [0.4, 0.5) is 10.7 Å². The first-order valence-electron chi connectivity index (χ1n) is 7.95. The lowest BCUT2D eigenvalue weighted by Crippen LogP contribution is -2.33. The Morgan fingerprint density at radius 2 is 2.17 bits per heavy atom. The zero-order valence-electron chi connectivity index (χ0n) is 13.5. The number of nitrogens with zero attached hydrogens (tertiary/aromatic N) is 2. The van der Waals surface area contributed by atoms with E-state index in [0.29, 0.717) is 25.3 Å². The third-order valence-corrected chi connectivity index (χ3v) is 4.92. The third kappa shape index (κ3) is 3.42. The number of hydrogen-bond acceptors (Lipinski definition) is 5. The quantitative estimate of drug-likeness (QED) is 0.875. The summed E-state index contributed by atoms with van der Waals surface area (Å²) in [6.07, 6.45) is 0.725. The SMILES string of the molecule is CCOCc1ccc(NC2CCN(c3sccc3C#N)C2=O)cc1. The van der Waals surface area contributed by atoms with Gasteiger partial charge in [0.05, 0.1) is 12.2 Å². The van der Waals surface area contributed by atoms with Crippen molar-refractivity contribution in [3.8, 4) is 6.07 Å². The predicted molar refractivity (Wildman–Crippen MR) is 95.2 cm³/mol. The van der Waals surface area contributed by atoms with Crippen molar-refractivity contribution in [1.82, 2.24) is 0 Å². The van der Waals surface area contributed by atoms with E-state index in [4.69, 9.17) is 10.00 Å². The first kappa shape index (κ1) is 16.5. The first-order valence-corrected chi connectivity index (χ1v) is 8.83. The second-order valence-corrected chi connectivity index (χ2v) is 6.46. The summed E-state index contributed by atoms with van der Waals surface area (Å²) in [4.78, 5) is 14.3. The molecule has 6 heteroatoms. The Hall–Kier alpha value is -2.36. The fourth-order valence-electron chi connectivity index (χ4n) is 2.73. The third-order valence-electron chi connectivity index (χ3n) is 3.98. The number of nitriles is 1. The molecule has 24 heavy (non-hydrogen) atoms. The molecular weight excluding hydrogens is 322 g/mol. The molecule has 0 radical (unpaired) electrons. The highest BCUT2D eigenvalue weighted by Crippen LogP contribution is 2.31. The topological polar surface area (TPSA) is 65.4 Å². The van der Waals surface area contributed by atoms with Crippen LogP contribution in [-0.4, -0.2) is 25.1 Å². The van der Waals surface area contributed by atoms with Gasteiger partial charge in [-0.05, 0) is 42.5 Å². The molecule has 2 aromatic rings. The van der Waals surface area contributed by atoms with Crippen LogP contribution in [0, 0.1) is 11.3 Å². The van der Waals surface area contributed by atoms with Crippen molar-refractivity contribution in [3.05, 3.63) is 46.8 Å². The van der Waals surface area contributed by atoms with Gasteiger partial charge in [-0.1, -0.05) is 12.1 Å². The largest absolute Gasteiger partial charge is 0.377 e. The molecular formula is C18H19N3O2S. The van der Waals surface area contributed by atoms with Crippen LogP contribution in [0.3, 0.4) is 0 Å². The molecule has 2 heterocycles. The van der Waals surface area contributed by atoms with Gasteiger partial charge in [-0.3, -0.25) is 4.79 Å². The number of rotatable bonds is 6. The molecule has 1 fully saturated rings. The van der Waals surface area contributed by atoms with Crippen LogP contribution in [0.25, 0.3) is 0 Å². The smallest absolute Gasteiger partial charge is 0.250 e. The summed E-state index contributed by atoms with van der Waals surface area (Å²) in [7, 11) is 0. The van der Waals surface area contributed by atoms with Gasteiger partial charge >= 0.3 is 0 Å². The van der Waals surface area contributed by atoms with Crippen molar-refractivity contribution in [2.75, 3.05) is 23.4 Å². The van der Waals surface area contributed by atoms with Gasteiger partial charge in [-0.15, -0.1) is 11.3 Å². The van der Waals surface area contributed by atoms with Gasteiger partial charge in [0.1, 0.15) is 17.1 Å². The minimum Gasteiger partial charge on any atom is -0.377 e. The molecule has 0 aliphatic carbocycles. The number of benzene rings is 1. The van der Waals surface area contributed by atoms with E-state index in [0.717, 1.165) is 22.7 Å². The lowest BCUT2D eigenvalue weighted by atomic mass is 10.2. The Balaban J connectivity index is 1.65. The Morgan fingerprint density at radius 3 is 2.88 bits per heavy atom. The molecule has 1 saturated heterocycles. The fraction of sp³-hybridized carbons (Fsp3) is 0.333. The Bertz CT molecular complexity index is 748. The number of thiophene rings is 1. The lowest BCUT2D eigenvalue weighted by molar-refractivity contribution is -0.117. The average molecular weight is 341 g/mol. The number of hydrogen-bond donors (Lipinski definition) is 1. The van der Waals surface area contributed by atoms with Gasteiger partial charge in [0, 0.05) is 18.8 Å². The second-order valence-electron chi connectivity index (χ2n) is 5.56. The van der Waals surface area contributed by atoms with Gasteiger partial charge in [0.2, 0.25) is 5.91 Å². The Morgan fingerprint density at radius 1 is 1.38 bits per heavy atom. The van der Waals surface area contributed by atoms with E-state index in [1.807, 2.05) is 36.6 Å². The zero-order valence-corrected chi connectivity index (χ0v) is 14.3. The van der Waals surface area contributed by atoms with Crippen molar-refractivity contribution in [3.63, 3.8) is 0 Å². The van der Waals surface area contributed by atoms with Crippen molar-refractivity contribution in [1.29, 1.82) is 5.26 Å². The number of anilines is 2. The maximum Gasteiger partial charge on any atom is 0.250 e. The van der Waals surface area contributed by atoms with Gasteiger partial charge in [0.25, 0.3) is 0 Å². The van der Waals surface area contributed by atoms with Crippen molar-refractivity contribution in [2.45, 2.75) is 26.0 Å². The van der Waals surface area contributed by atoms with Crippen LogP contribution in [0.1, 0.15) is 24.5 Å². The van der Waals surface area contributed by atoms with Crippen LogP contribution in [0.5, 0.6) is 0 Å². The molecule has 1 aromatic heterocycles. The van der Waals surface area contributed by atoms with E-state index >= 15 is 0 Å². The monoisotopic (exact) mass is 341 g/mol. The summed E-state index contributed by atoms with van der Waals surface area (Å²) < 4.78 is 5.38. The number of carbonyl (C=O) groups is 1. The number of ether oxygens (including phenoxy) is 1. The van der Waals surface area contributed by atoms with Gasteiger partial charge in [-0.2, -0.15) is 5.26 Å². The van der Waals surface area contributed by atoms with E-state index in [1.54, 1.807) is 11.0 Å². The fourth-order valence-corrected chi connectivity index (χ4v) is 3.61. The molecule has 5 nitrogen and oxygen atoms in total. The summed E-state index contributed by atoms with van der Waals surface area (Å²) in [5.74, 6) is 0.0207. The molecule has 0 bridgehead atoms. The maximum atomic E-state index is 12.6. The molecule has 3 rings (SSSR count). The van der Waals surface area contributed by atoms with E-state index in [9.17, 15) is 4.79 Å². The predicted octanol–water partition coefficient (Wildman–Crippen LogP) is 3.37. The first-order chi connectivity index (χ1) is 11.7. The summed E-state index contributed by atoms with van der Waals surface area (Å²) in [6.45, 7) is 3.90. The van der Waals surface area contributed by atoms with E-state index < -0.39 is 0 Å². The number of carbonyl (C=O) groups excluding carboxylic acids is 1. The normalized spacial score (nSPS) is 17.1. The van der Waals surface area contributed by atoms with Crippen LogP contribution >= 0.6 is 11.3 Å². The minimum atomic E-state index is -0.253. The van der Waals surface area contributed by atoms with Crippen LogP contribution in [-0.2, 0) is 16.1 Å². The summed E-state index contributed by atoms with van der Waals surface area (Å²) in [5, 5.41) is 15.0. The van der Waals surface area contributed by atoms with Crippen molar-refractivity contribution in [2.24, 2.45) is 0 Å². The standard InChI is InChI=1S/C18H19N3O2S/c1-2-23-12-13-3-5-15(6-4-13)20-16-7-9-21(17(16)22)18-14(11-19)8-10-24-18/h3-6,8,10,16,20H,2,7,9,12H2,1H3. The Labute approximate surface area is 145 Å². The second kappa shape index (κ2) is 7.47. The molecule has 1 atom stereocenters. The molecule has 1 amide bonds. The number of amides is 1. The minimum absolute atomic E-state index is 0.0207. The van der Waals surface area contributed by atoms with Crippen LogP contribution < -0.4 is 10.2 Å². The highest BCUT2D eigenvalue weighted by molar-refractivity contribution is 7.14. The summed E-state index contributed by atoms with van der Waals surface area (Å²) in [5.41, 5.74) is 2.59.